The lowest BCUT2D eigenvalue weighted by atomic mass is 9.98. The Bertz CT molecular complexity index is 637. The predicted octanol–water partition coefficient (Wildman–Crippen LogP) is 4.51. The molecule has 0 heterocycles. The third-order valence-electron chi connectivity index (χ3n) is 3.18. The molecule has 1 N–H and O–H groups in total. The first kappa shape index (κ1) is 16.0. The summed E-state index contributed by atoms with van der Waals surface area (Å²) in [7, 11) is 1.63. The van der Waals surface area contributed by atoms with E-state index >= 15 is 0 Å². The van der Waals surface area contributed by atoms with Gasteiger partial charge >= 0.3 is 0 Å². The molecule has 2 aromatic rings. The molecule has 1 atom stereocenters. The van der Waals surface area contributed by atoms with Gasteiger partial charge in [0.25, 0.3) is 0 Å². The maximum atomic E-state index is 13.3. The minimum Gasteiger partial charge on any atom is -0.313 e. The second kappa shape index (κ2) is 6.58. The fraction of sp³-hybridized carbons (Fsp3) is 0.200. The average Bonchev–Trinajstić information content (AvgIpc) is 2.45. The smallest absolute Gasteiger partial charge is 0.194 e. The van der Waals surface area contributed by atoms with Crippen molar-refractivity contribution < 1.29 is 17.6 Å². The number of hydrogen-bond donors (Lipinski definition) is 1. The molecule has 0 aliphatic carbocycles. The Morgan fingerprint density at radius 2 is 1.62 bits per heavy atom. The van der Waals surface area contributed by atoms with Crippen LogP contribution in [0, 0.1) is 23.3 Å². The summed E-state index contributed by atoms with van der Waals surface area (Å²) in [5.74, 6) is -4.34. The van der Waals surface area contributed by atoms with Gasteiger partial charge in [0.1, 0.15) is 5.82 Å². The highest BCUT2D eigenvalue weighted by atomic mass is 79.9. The van der Waals surface area contributed by atoms with Gasteiger partial charge in [-0.05, 0) is 64.8 Å². The highest BCUT2D eigenvalue weighted by Gasteiger charge is 2.17. The van der Waals surface area contributed by atoms with Crippen molar-refractivity contribution in [1.82, 2.24) is 5.32 Å². The van der Waals surface area contributed by atoms with Crippen molar-refractivity contribution in [1.29, 1.82) is 0 Å². The molecule has 0 aliphatic rings. The zero-order valence-electron chi connectivity index (χ0n) is 11.1. The van der Waals surface area contributed by atoms with Crippen LogP contribution < -0.4 is 5.32 Å². The van der Waals surface area contributed by atoms with Gasteiger partial charge in [0.05, 0.1) is 4.47 Å². The van der Waals surface area contributed by atoms with Crippen molar-refractivity contribution in [3.8, 4) is 0 Å². The van der Waals surface area contributed by atoms with E-state index in [-0.39, 0.29) is 5.56 Å². The number of rotatable bonds is 4. The zero-order chi connectivity index (χ0) is 15.6. The van der Waals surface area contributed by atoms with Crippen LogP contribution in [0.25, 0.3) is 0 Å². The summed E-state index contributed by atoms with van der Waals surface area (Å²) in [4.78, 5) is 0. The minimum absolute atomic E-state index is 0.286. The van der Waals surface area contributed by atoms with E-state index in [1.54, 1.807) is 19.2 Å². The number of nitrogens with one attached hydrogen (secondary N) is 1. The van der Waals surface area contributed by atoms with Crippen molar-refractivity contribution >= 4 is 15.9 Å². The van der Waals surface area contributed by atoms with Crippen LogP contribution in [-0.4, -0.2) is 7.05 Å². The molecule has 0 radical (unpaired) electrons. The molecule has 0 bridgehead atoms. The molecule has 1 unspecified atom stereocenters. The van der Waals surface area contributed by atoms with E-state index in [2.05, 4.69) is 21.2 Å². The maximum absolute atomic E-state index is 13.3. The lowest BCUT2D eigenvalue weighted by Crippen LogP contribution is -2.19. The van der Waals surface area contributed by atoms with Crippen LogP contribution in [-0.2, 0) is 6.42 Å². The van der Waals surface area contributed by atoms with Gasteiger partial charge in [-0.1, -0.05) is 6.07 Å². The highest BCUT2D eigenvalue weighted by Crippen LogP contribution is 2.24. The average molecular weight is 362 g/mol. The van der Waals surface area contributed by atoms with E-state index in [0.717, 1.165) is 17.7 Å². The molecular formula is C15H12BrF4N. The summed E-state index contributed by atoms with van der Waals surface area (Å²) in [5.41, 5.74) is 1.06. The molecular weight excluding hydrogens is 350 g/mol. The largest absolute Gasteiger partial charge is 0.313 e. The monoisotopic (exact) mass is 361 g/mol. The standard InChI is InChI=1S/C15H12BrF4N/c1-21-14(5-8-2-3-11(17)10(16)4-8)9-6-12(18)15(20)13(19)7-9/h2-4,6-7,14,21H,5H2,1H3. The second-order valence-corrected chi connectivity index (χ2v) is 5.45. The number of likely N-dealkylation sites (N-methyl/N-ethyl adjacent to an activating group) is 1. The summed E-state index contributed by atoms with van der Waals surface area (Å²) >= 11 is 3.08. The first-order valence-corrected chi connectivity index (χ1v) is 6.97. The van der Waals surface area contributed by atoms with E-state index in [0.29, 0.717) is 10.9 Å². The summed E-state index contributed by atoms with van der Waals surface area (Å²) in [6, 6.07) is 5.97. The number of hydrogen-bond acceptors (Lipinski definition) is 1. The first-order chi connectivity index (χ1) is 9.92. The summed E-state index contributed by atoms with van der Waals surface area (Å²) in [6.45, 7) is 0. The van der Waals surface area contributed by atoms with E-state index in [1.165, 1.54) is 6.07 Å². The Morgan fingerprint density at radius 1 is 1.00 bits per heavy atom. The molecule has 0 amide bonds. The zero-order valence-corrected chi connectivity index (χ0v) is 12.6. The first-order valence-electron chi connectivity index (χ1n) is 6.18. The van der Waals surface area contributed by atoms with Crippen LogP contribution in [0.1, 0.15) is 17.2 Å². The Labute approximate surface area is 128 Å². The van der Waals surface area contributed by atoms with Crippen LogP contribution in [0.15, 0.2) is 34.8 Å². The van der Waals surface area contributed by atoms with Crippen molar-refractivity contribution in [2.75, 3.05) is 7.05 Å². The molecule has 2 rings (SSSR count). The van der Waals surface area contributed by atoms with Gasteiger partial charge < -0.3 is 5.32 Å². The van der Waals surface area contributed by atoms with E-state index < -0.39 is 29.3 Å². The van der Waals surface area contributed by atoms with Gasteiger partial charge in [0.15, 0.2) is 17.5 Å². The third-order valence-corrected chi connectivity index (χ3v) is 3.79. The Hall–Kier alpha value is -1.40. The van der Waals surface area contributed by atoms with Crippen molar-refractivity contribution in [3.05, 3.63) is 69.2 Å². The van der Waals surface area contributed by atoms with Crippen LogP contribution in [0.2, 0.25) is 0 Å². The molecule has 21 heavy (non-hydrogen) atoms. The summed E-state index contributed by atoms with van der Waals surface area (Å²) in [6.07, 6.45) is 0.375. The molecule has 112 valence electrons. The Morgan fingerprint density at radius 3 is 2.14 bits per heavy atom. The van der Waals surface area contributed by atoms with E-state index in [1.807, 2.05) is 0 Å². The van der Waals surface area contributed by atoms with Crippen molar-refractivity contribution in [3.63, 3.8) is 0 Å². The second-order valence-electron chi connectivity index (χ2n) is 4.59. The molecule has 2 aromatic carbocycles. The minimum atomic E-state index is -1.49. The van der Waals surface area contributed by atoms with Crippen molar-refractivity contribution in [2.24, 2.45) is 0 Å². The molecule has 0 aromatic heterocycles. The summed E-state index contributed by atoms with van der Waals surface area (Å²) in [5, 5.41) is 2.91. The molecule has 6 heteroatoms. The van der Waals surface area contributed by atoms with Crippen LogP contribution >= 0.6 is 15.9 Å². The normalized spacial score (nSPS) is 12.5. The molecule has 0 saturated heterocycles. The van der Waals surface area contributed by atoms with Gasteiger partial charge in [0, 0.05) is 6.04 Å². The molecule has 0 spiro atoms. The molecule has 1 nitrogen and oxygen atoms in total. The topological polar surface area (TPSA) is 12.0 Å². The summed E-state index contributed by atoms with van der Waals surface area (Å²) < 4.78 is 53.1. The number of benzene rings is 2. The Balaban J connectivity index is 2.29. The fourth-order valence-electron chi connectivity index (χ4n) is 2.07. The molecule has 0 aliphatic heterocycles. The quantitative estimate of drug-likeness (QED) is 0.624. The van der Waals surface area contributed by atoms with Crippen molar-refractivity contribution in [2.45, 2.75) is 12.5 Å². The molecule has 0 saturated carbocycles. The van der Waals surface area contributed by atoms with Crippen LogP contribution in [0.4, 0.5) is 17.6 Å². The van der Waals surface area contributed by atoms with Gasteiger partial charge in [-0.3, -0.25) is 0 Å². The van der Waals surface area contributed by atoms with Crippen LogP contribution in [0.5, 0.6) is 0 Å². The highest BCUT2D eigenvalue weighted by molar-refractivity contribution is 9.10. The third kappa shape index (κ3) is 3.63. The lowest BCUT2D eigenvalue weighted by molar-refractivity contribution is 0.441. The maximum Gasteiger partial charge on any atom is 0.194 e. The van der Waals surface area contributed by atoms with Gasteiger partial charge in [0.2, 0.25) is 0 Å². The lowest BCUT2D eigenvalue weighted by Gasteiger charge is -2.17. The van der Waals surface area contributed by atoms with Crippen LogP contribution in [0.3, 0.4) is 0 Å². The van der Waals surface area contributed by atoms with Gasteiger partial charge in [-0.15, -0.1) is 0 Å². The van der Waals surface area contributed by atoms with Gasteiger partial charge in [-0.2, -0.15) is 0 Å². The SMILES string of the molecule is CNC(Cc1ccc(F)c(Br)c1)c1cc(F)c(F)c(F)c1. The Kier molecular flexibility index (Phi) is 5.00. The predicted molar refractivity (Wildman–Crippen MR) is 75.9 cm³/mol. The fourth-order valence-corrected chi connectivity index (χ4v) is 2.49. The van der Waals surface area contributed by atoms with E-state index in [4.69, 9.17) is 0 Å². The number of halogens is 5. The van der Waals surface area contributed by atoms with Gasteiger partial charge in [-0.25, -0.2) is 17.6 Å². The molecule has 0 fully saturated rings. The van der Waals surface area contributed by atoms with E-state index in [9.17, 15) is 17.6 Å².